The number of carbonyl (C=O) groups excluding carboxylic acids is 2. The molecule has 0 radical (unpaired) electrons. The molecule has 3 aromatic carbocycles. The molecule has 2 unspecified atom stereocenters. The molecule has 0 saturated heterocycles. The van der Waals surface area contributed by atoms with E-state index < -0.39 is 22.1 Å². The minimum atomic E-state index is -1.31. The van der Waals surface area contributed by atoms with Gasteiger partial charge in [-0.2, -0.15) is 0 Å². The van der Waals surface area contributed by atoms with Crippen LogP contribution in [-0.2, 0) is 4.79 Å². The van der Waals surface area contributed by atoms with E-state index in [0.29, 0.717) is 43.1 Å². The van der Waals surface area contributed by atoms with E-state index >= 15 is 0 Å². The molecule has 0 bridgehead atoms. The monoisotopic (exact) mass is 550 g/mol. The summed E-state index contributed by atoms with van der Waals surface area (Å²) in [7, 11) is 0. The second-order valence-corrected chi connectivity index (χ2v) is 10.4. The van der Waals surface area contributed by atoms with Gasteiger partial charge in [0.1, 0.15) is 4.33 Å². The van der Waals surface area contributed by atoms with Crippen LogP contribution in [0.1, 0.15) is 27.4 Å². The number of hydrogen-bond donors (Lipinski definition) is 2. The van der Waals surface area contributed by atoms with Gasteiger partial charge in [0.15, 0.2) is 0 Å². The highest BCUT2D eigenvalue weighted by Gasteiger charge is 2.67. The molecule has 1 aliphatic rings. The van der Waals surface area contributed by atoms with E-state index in [2.05, 4.69) is 16.6 Å². The fourth-order valence-corrected chi connectivity index (χ4v) is 5.19. The molecule has 0 aliphatic heterocycles. The number of hydrogen-bond acceptors (Lipinski definition) is 2. The maximum Gasteiger partial charge on any atom is 0.255 e. The predicted molar refractivity (Wildman–Crippen MR) is 140 cm³/mol. The summed E-state index contributed by atoms with van der Waals surface area (Å²) < 4.78 is -1.31. The van der Waals surface area contributed by atoms with Gasteiger partial charge in [-0.3, -0.25) is 9.59 Å². The Morgan fingerprint density at radius 2 is 1.53 bits per heavy atom. The van der Waals surface area contributed by atoms with Gasteiger partial charge in [-0.15, -0.1) is 29.6 Å². The van der Waals surface area contributed by atoms with Crippen molar-refractivity contribution in [2.75, 3.05) is 10.6 Å². The van der Waals surface area contributed by atoms with E-state index in [4.69, 9.17) is 64.4 Å². The molecule has 3 aromatic rings. The highest BCUT2D eigenvalue weighted by molar-refractivity contribution is 6.53. The van der Waals surface area contributed by atoms with E-state index in [-0.39, 0.29) is 5.91 Å². The van der Waals surface area contributed by atoms with Crippen LogP contribution in [0.5, 0.6) is 0 Å². The number of nitrogens with one attached hydrogen (secondary N) is 2. The first kappa shape index (κ1) is 24.7. The van der Waals surface area contributed by atoms with Crippen LogP contribution in [-0.4, -0.2) is 16.1 Å². The molecule has 1 fully saturated rings. The van der Waals surface area contributed by atoms with E-state index in [1.54, 1.807) is 60.7 Å². The molecule has 4 rings (SSSR count). The number of amides is 2. The summed E-state index contributed by atoms with van der Waals surface area (Å²) in [5, 5.41) is 6.65. The van der Waals surface area contributed by atoms with Crippen molar-refractivity contribution in [3.05, 3.63) is 92.4 Å². The van der Waals surface area contributed by atoms with Crippen LogP contribution in [0.4, 0.5) is 11.4 Å². The first-order valence-electron chi connectivity index (χ1n) is 9.92. The van der Waals surface area contributed by atoms with Crippen LogP contribution in [0.2, 0.25) is 15.1 Å². The average Bonchev–Trinajstić information content (AvgIpc) is 3.37. The van der Waals surface area contributed by atoms with Gasteiger partial charge in [-0.05, 0) is 66.2 Å². The van der Waals surface area contributed by atoms with Gasteiger partial charge in [0.05, 0.1) is 16.6 Å². The Morgan fingerprint density at radius 1 is 0.882 bits per heavy atom. The zero-order valence-electron chi connectivity index (χ0n) is 17.2. The van der Waals surface area contributed by atoms with Crippen LogP contribution >= 0.6 is 58.0 Å². The van der Waals surface area contributed by atoms with Gasteiger partial charge in [-0.1, -0.05) is 40.7 Å². The molecule has 0 aromatic heterocycles. The number of carbonyl (C=O) groups is 2. The van der Waals surface area contributed by atoms with Crippen LogP contribution in [0.25, 0.3) is 0 Å². The molecule has 34 heavy (non-hydrogen) atoms. The second-order valence-electron chi connectivity index (χ2n) is 7.69. The zero-order valence-corrected chi connectivity index (χ0v) is 21.0. The molecule has 172 valence electrons. The minimum Gasteiger partial charge on any atom is -0.326 e. The Morgan fingerprint density at radius 3 is 2.15 bits per heavy atom. The quantitative estimate of drug-likeness (QED) is 0.256. The lowest BCUT2D eigenvalue weighted by atomic mass is 10.1. The van der Waals surface area contributed by atoms with Crippen molar-refractivity contribution in [1.29, 1.82) is 0 Å². The third kappa shape index (κ3) is 5.15. The summed E-state index contributed by atoms with van der Waals surface area (Å²) >= 11 is 31.2. The molecule has 2 N–H and O–H groups in total. The van der Waals surface area contributed by atoms with Crippen molar-refractivity contribution < 1.29 is 9.59 Å². The number of rotatable bonds is 5. The average molecular weight is 553 g/mol. The topological polar surface area (TPSA) is 58.2 Å². The Bertz CT molecular complexity index is 1310. The van der Waals surface area contributed by atoms with Gasteiger partial charge in [0, 0.05) is 32.8 Å². The Balaban J connectivity index is 1.49. The maximum atomic E-state index is 13.0. The van der Waals surface area contributed by atoms with E-state index in [1.807, 2.05) is 0 Å². The van der Waals surface area contributed by atoms with Crippen molar-refractivity contribution >= 4 is 81.2 Å². The van der Waals surface area contributed by atoms with Crippen LogP contribution < -0.4 is 10.6 Å². The molecule has 1 aliphatic carbocycles. The molecule has 0 spiro atoms. The van der Waals surface area contributed by atoms with Crippen molar-refractivity contribution in [1.82, 2.24) is 0 Å². The van der Waals surface area contributed by atoms with E-state index in [0.717, 1.165) is 0 Å². The predicted octanol–water partition coefficient (Wildman–Crippen LogP) is 7.41. The summed E-state index contributed by atoms with van der Waals surface area (Å²) in [6.45, 7) is 0. The first-order chi connectivity index (χ1) is 16.1. The Labute approximate surface area is 221 Å². The van der Waals surface area contributed by atoms with Crippen molar-refractivity contribution in [3.63, 3.8) is 0 Å². The lowest BCUT2D eigenvalue weighted by Gasteiger charge is -2.11. The number of terminal acetylenes is 1. The van der Waals surface area contributed by atoms with Gasteiger partial charge in [0.25, 0.3) is 5.91 Å². The fourth-order valence-electron chi connectivity index (χ4n) is 3.65. The number of anilines is 2. The normalized spacial score (nSPS) is 18.0. The second kappa shape index (κ2) is 9.70. The summed E-state index contributed by atoms with van der Waals surface area (Å²) in [5.41, 5.74) is 2.46. The smallest absolute Gasteiger partial charge is 0.255 e. The molecule has 1 saturated carbocycles. The highest BCUT2D eigenvalue weighted by atomic mass is 35.5. The largest absolute Gasteiger partial charge is 0.326 e. The van der Waals surface area contributed by atoms with Crippen molar-refractivity contribution in [2.45, 2.75) is 10.3 Å². The van der Waals surface area contributed by atoms with Gasteiger partial charge in [0.2, 0.25) is 5.91 Å². The lowest BCUT2D eigenvalue weighted by Crippen LogP contribution is -2.17. The summed E-state index contributed by atoms with van der Waals surface area (Å²) in [4.78, 5) is 25.6. The van der Waals surface area contributed by atoms with Crippen molar-refractivity contribution in [2.24, 2.45) is 5.92 Å². The minimum absolute atomic E-state index is 0.300. The Hall–Kier alpha value is -2.39. The number of halogens is 5. The van der Waals surface area contributed by atoms with E-state index in [9.17, 15) is 9.59 Å². The maximum absolute atomic E-state index is 13.0. The third-order valence-corrected chi connectivity index (χ3v) is 7.08. The summed E-state index contributed by atoms with van der Waals surface area (Å²) in [6.07, 6.45) is 5.34. The SMILES string of the molecule is C#Cc1ccc(C(=O)Nc2cc(NC(=O)C3C(c4cc(Cl)cc(Cl)c4)C3(Cl)Cl)ccc2Cl)cc1. The molecule has 4 nitrogen and oxygen atoms in total. The molecule has 2 atom stereocenters. The van der Waals surface area contributed by atoms with Gasteiger partial charge in [-0.25, -0.2) is 0 Å². The molecule has 9 heteroatoms. The number of benzene rings is 3. The Kier molecular flexibility index (Phi) is 7.05. The molecular weight excluding hydrogens is 538 g/mol. The van der Waals surface area contributed by atoms with Gasteiger partial charge < -0.3 is 10.6 Å². The molecule has 2 amide bonds. The third-order valence-electron chi connectivity index (χ3n) is 5.38. The van der Waals surface area contributed by atoms with Gasteiger partial charge >= 0.3 is 0 Å². The zero-order chi connectivity index (χ0) is 24.6. The molecule has 0 heterocycles. The standard InChI is InChI=1S/C25H15Cl5N2O2/c1-2-13-3-5-14(6-4-13)23(33)32-20-12-18(7-8-19(20)28)31-24(34)22-21(25(22,29)30)15-9-16(26)11-17(27)10-15/h1,3-12,21-22H,(H,31,34)(H,32,33). The first-order valence-corrected chi connectivity index (χ1v) is 11.8. The van der Waals surface area contributed by atoms with Crippen LogP contribution in [0, 0.1) is 18.3 Å². The fraction of sp³-hybridized carbons (Fsp3) is 0.120. The van der Waals surface area contributed by atoms with Crippen molar-refractivity contribution in [3.8, 4) is 12.3 Å². The molecular formula is C25H15Cl5N2O2. The summed E-state index contributed by atoms with van der Waals surface area (Å²) in [5.74, 6) is 0.508. The summed E-state index contributed by atoms with van der Waals surface area (Å²) in [6, 6.07) is 16.2. The highest BCUT2D eigenvalue weighted by Crippen LogP contribution is 2.65. The lowest BCUT2D eigenvalue weighted by molar-refractivity contribution is -0.117. The number of alkyl halides is 2. The van der Waals surface area contributed by atoms with Crippen LogP contribution in [0.15, 0.2) is 60.7 Å². The van der Waals surface area contributed by atoms with E-state index in [1.165, 1.54) is 0 Å². The van der Waals surface area contributed by atoms with Crippen LogP contribution in [0.3, 0.4) is 0 Å².